The molecule has 1 amide bonds. The third-order valence-electron chi connectivity index (χ3n) is 8.05. The quantitative estimate of drug-likeness (QED) is 0.302. The fourth-order valence-electron chi connectivity index (χ4n) is 6.02. The Bertz CT molecular complexity index is 1820. The number of aromatic nitrogens is 6. The third-order valence-corrected chi connectivity index (χ3v) is 8.38. The molecular weight excluding hydrogens is 572 g/mol. The van der Waals surface area contributed by atoms with Crippen molar-refractivity contribution >= 4 is 46.5 Å². The number of H-pyrrole nitrogens is 1. The molecule has 1 unspecified atom stereocenters. The number of benzene rings is 1. The Morgan fingerprint density at radius 2 is 1.86 bits per heavy atom. The molecule has 6 heterocycles. The van der Waals surface area contributed by atoms with Crippen LogP contribution in [0, 0.1) is 0 Å². The van der Waals surface area contributed by atoms with Crippen molar-refractivity contribution < 1.29 is 14.3 Å². The SMILES string of the molecule is C=O.O=C(Cn1cc(-c2ccccc2Cl)c2c(OC3CCNC3)ncnc21)N1CCC(n2c(=O)[nH]c3ncccc32)CC1. The van der Waals surface area contributed by atoms with Gasteiger partial charge in [-0.15, -0.1) is 0 Å². The van der Waals surface area contributed by atoms with Crippen LogP contribution in [0.3, 0.4) is 0 Å². The summed E-state index contributed by atoms with van der Waals surface area (Å²) in [6.07, 6.45) is 7.33. The Hall–Kier alpha value is -4.55. The number of ether oxygens (including phenoxy) is 1. The Kier molecular flexibility index (Phi) is 8.21. The van der Waals surface area contributed by atoms with E-state index in [0.717, 1.165) is 41.5 Å². The number of fused-ring (bicyclic) bond motifs is 2. The van der Waals surface area contributed by atoms with E-state index in [-0.39, 0.29) is 30.3 Å². The van der Waals surface area contributed by atoms with Crippen molar-refractivity contribution in [2.24, 2.45) is 0 Å². The van der Waals surface area contributed by atoms with Gasteiger partial charge >= 0.3 is 5.69 Å². The van der Waals surface area contributed by atoms with Crippen molar-refractivity contribution in [3.63, 3.8) is 0 Å². The first-order chi connectivity index (χ1) is 21.1. The summed E-state index contributed by atoms with van der Waals surface area (Å²) in [7, 11) is 0. The van der Waals surface area contributed by atoms with Gasteiger partial charge in [-0.3, -0.25) is 14.3 Å². The molecule has 0 aliphatic carbocycles. The molecule has 0 spiro atoms. The zero-order chi connectivity index (χ0) is 29.9. The fourth-order valence-corrected chi connectivity index (χ4v) is 6.25. The molecule has 7 rings (SSSR count). The molecule has 13 heteroatoms. The number of hydrogen-bond acceptors (Lipinski definition) is 8. The highest BCUT2D eigenvalue weighted by atomic mass is 35.5. The number of carbonyl (C=O) groups is 2. The predicted octanol–water partition coefficient (Wildman–Crippen LogP) is 3.21. The number of piperidine rings is 1. The first-order valence-electron chi connectivity index (χ1n) is 14.1. The molecule has 2 N–H and O–H groups in total. The standard InChI is InChI=1S/C29H29ClN8O3.CH2O/c30-22-5-2-1-4-20(22)21-15-37(27-25(21)28(34-17-33-27)41-19-7-11-31-14-19)16-24(39)36-12-8-18(9-13-36)38-23-6-3-10-32-26(23)35-29(38)40;1-2/h1-6,10,15,17-19,31H,7-9,11-14,16H2,(H,32,35,40);1H2. The number of imidazole rings is 1. The van der Waals surface area contributed by atoms with E-state index in [1.165, 1.54) is 6.33 Å². The van der Waals surface area contributed by atoms with E-state index in [0.29, 0.717) is 48.1 Å². The van der Waals surface area contributed by atoms with Gasteiger partial charge in [0, 0.05) is 54.2 Å². The third kappa shape index (κ3) is 5.51. The number of halogens is 1. The minimum absolute atomic E-state index is 0.00117. The maximum atomic E-state index is 13.6. The van der Waals surface area contributed by atoms with Gasteiger partial charge in [0.2, 0.25) is 11.8 Å². The van der Waals surface area contributed by atoms with Crippen LogP contribution in [-0.2, 0) is 16.1 Å². The van der Waals surface area contributed by atoms with Crippen molar-refractivity contribution in [1.29, 1.82) is 0 Å². The minimum atomic E-state index is -0.166. The lowest BCUT2D eigenvalue weighted by atomic mass is 10.0. The van der Waals surface area contributed by atoms with Gasteiger partial charge in [-0.2, -0.15) is 0 Å². The van der Waals surface area contributed by atoms with Gasteiger partial charge in [0.15, 0.2) is 5.65 Å². The summed E-state index contributed by atoms with van der Waals surface area (Å²) in [6, 6.07) is 11.3. The lowest BCUT2D eigenvalue weighted by molar-refractivity contribution is -0.133. The zero-order valence-electron chi connectivity index (χ0n) is 23.4. The van der Waals surface area contributed by atoms with E-state index in [2.05, 4.69) is 25.3 Å². The molecule has 2 saturated heterocycles. The zero-order valence-corrected chi connectivity index (χ0v) is 24.2. The largest absolute Gasteiger partial charge is 0.472 e. The summed E-state index contributed by atoms with van der Waals surface area (Å²) in [5, 5.41) is 4.66. The molecule has 2 fully saturated rings. The highest BCUT2D eigenvalue weighted by molar-refractivity contribution is 6.33. The lowest BCUT2D eigenvalue weighted by Gasteiger charge is -2.32. The van der Waals surface area contributed by atoms with Crippen LogP contribution in [0.1, 0.15) is 25.3 Å². The smallest absolute Gasteiger partial charge is 0.327 e. The topological polar surface area (TPSA) is 140 Å². The maximum Gasteiger partial charge on any atom is 0.327 e. The number of pyridine rings is 1. The van der Waals surface area contributed by atoms with Crippen LogP contribution in [0.5, 0.6) is 5.88 Å². The van der Waals surface area contributed by atoms with Crippen molar-refractivity contribution in [3.8, 4) is 17.0 Å². The molecule has 0 bridgehead atoms. The number of amides is 1. The molecular formula is C30H31ClN8O4. The number of aromatic amines is 1. The summed E-state index contributed by atoms with van der Waals surface area (Å²) in [5.74, 6) is 0.476. The minimum Gasteiger partial charge on any atom is -0.472 e. The summed E-state index contributed by atoms with van der Waals surface area (Å²) >= 11 is 6.62. The Balaban J connectivity index is 0.00000161. The van der Waals surface area contributed by atoms with E-state index in [1.807, 2.05) is 58.9 Å². The Morgan fingerprint density at radius 1 is 1.05 bits per heavy atom. The molecule has 2 aliphatic rings. The Labute approximate surface area is 251 Å². The summed E-state index contributed by atoms with van der Waals surface area (Å²) < 4.78 is 9.95. The molecule has 1 aromatic carbocycles. The molecule has 12 nitrogen and oxygen atoms in total. The molecule has 1 atom stereocenters. The van der Waals surface area contributed by atoms with Crippen molar-refractivity contribution in [2.75, 3.05) is 26.2 Å². The van der Waals surface area contributed by atoms with E-state index >= 15 is 0 Å². The van der Waals surface area contributed by atoms with Gasteiger partial charge in [-0.25, -0.2) is 19.7 Å². The first kappa shape index (κ1) is 28.6. The van der Waals surface area contributed by atoms with Gasteiger partial charge in [-0.05, 0) is 44.0 Å². The van der Waals surface area contributed by atoms with Gasteiger partial charge in [-0.1, -0.05) is 29.8 Å². The summed E-state index contributed by atoms with van der Waals surface area (Å²) in [4.78, 5) is 52.2. The number of carbonyl (C=O) groups excluding carboxylic acids is 2. The van der Waals surface area contributed by atoms with Crippen LogP contribution in [-0.4, -0.2) is 78.9 Å². The normalized spacial score (nSPS) is 17.2. The number of nitrogens with one attached hydrogen (secondary N) is 2. The molecule has 43 heavy (non-hydrogen) atoms. The monoisotopic (exact) mass is 602 g/mol. The van der Waals surface area contributed by atoms with E-state index < -0.39 is 0 Å². The van der Waals surface area contributed by atoms with Crippen LogP contribution in [0.2, 0.25) is 5.02 Å². The van der Waals surface area contributed by atoms with E-state index in [9.17, 15) is 9.59 Å². The summed E-state index contributed by atoms with van der Waals surface area (Å²) in [6.45, 7) is 4.87. The average Bonchev–Trinajstić information content (AvgIpc) is 3.76. The van der Waals surface area contributed by atoms with E-state index in [4.69, 9.17) is 21.1 Å². The van der Waals surface area contributed by atoms with Crippen molar-refractivity contribution in [2.45, 2.75) is 38.0 Å². The first-order valence-corrected chi connectivity index (χ1v) is 14.5. The number of likely N-dealkylation sites (tertiary alicyclic amines) is 1. The highest BCUT2D eigenvalue weighted by Gasteiger charge is 2.28. The molecule has 222 valence electrons. The van der Waals surface area contributed by atoms with Gasteiger partial charge in [0.05, 0.1) is 10.9 Å². The predicted molar refractivity (Wildman–Crippen MR) is 162 cm³/mol. The van der Waals surface area contributed by atoms with Gasteiger partial charge in [0.25, 0.3) is 0 Å². The van der Waals surface area contributed by atoms with Gasteiger partial charge < -0.3 is 24.3 Å². The average molecular weight is 603 g/mol. The molecule has 2 aliphatic heterocycles. The number of hydrogen-bond donors (Lipinski definition) is 2. The lowest BCUT2D eigenvalue weighted by Crippen LogP contribution is -2.41. The van der Waals surface area contributed by atoms with Crippen LogP contribution in [0.4, 0.5) is 0 Å². The second-order valence-corrected chi connectivity index (χ2v) is 11.0. The van der Waals surface area contributed by atoms with Gasteiger partial charge in [0.1, 0.15) is 31.4 Å². The van der Waals surface area contributed by atoms with E-state index in [1.54, 1.807) is 10.8 Å². The molecule has 0 saturated carbocycles. The Morgan fingerprint density at radius 3 is 2.63 bits per heavy atom. The highest BCUT2D eigenvalue weighted by Crippen LogP contribution is 2.38. The van der Waals surface area contributed by atoms with Crippen LogP contribution >= 0.6 is 11.6 Å². The molecule has 0 radical (unpaired) electrons. The second kappa shape index (κ2) is 12.4. The second-order valence-electron chi connectivity index (χ2n) is 10.5. The fraction of sp³-hybridized carbons (Fsp3) is 0.333. The molecule has 5 aromatic rings. The number of nitrogens with zero attached hydrogens (tertiary/aromatic N) is 6. The van der Waals surface area contributed by atoms with Crippen molar-refractivity contribution in [3.05, 3.63) is 70.6 Å². The van der Waals surface area contributed by atoms with Crippen LogP contribution in [0.15, 0.2) is 59.9 Å². The van der Waals surface area contributed by atoms with Crippen molar-refractivity contribution in [1.82, 2.24) is 39.3 Å². The molecule has 4 aromatic heterocycles. The van der Waals surface area contributed by atoms with Crippen LogP contribution in [0.25, 0.3) is 33.3 Å². The van der Waals surface area contributed by atoms with Crippen LogP contribution < -0.4 is 15.7 Å². The maximum absolute atomic E-state index is 13.6. The summed E-state index contributed by atoms with van der Waals surface area (Å²) in [5.41, 5.74) is 3.48. The number of rotatable bonds is 6.